The van der Waals surface area contributed by atoms with E-state index in [2.05, 4.69) is 0 Å². The van der Waals surface area contributed by atoms with Gasteiger partial charge in [-0.1, -0.05) is 30.3 Å². The molecule has 4 heteroatoms. The van der Waals surface area contributed by atoms with Gasteiger partial charge in [0.25, 0.3) is 0 Å². The number of aromatic nitrogens is 1. The molecule has 3 nitrogen and oxygen atoms in total. The normalized spacial score (nSPS) is 11.0. The molecule has 0 spiro atoms. The number of hydrogen-bond donors (Lipinski definition) is 0. The average Bonchev–Trinajstić information content (AvgIpc) is 3.21. The topological polar surface area (TPSA) is 35.3 Å². The lowest BCUT2D eigenvalue weighted by Gasteiger charge is -2.04. The number of fused-ring (bicyclic) bond motifs is 1. The van der Waals surface area contributed by atoms with Gasteiger partial charge in [-0.15, -0.1) is 11.3 Å². The van der Waals surface area contributed by atoms with Gasteiger partial charge >= 0.3 is 0 Å². The number of rotatable bonds is 3. The van der Waals surface area contributed by atoms with Crippen LogP contribution in [0, 0.1) is 0 Å². The Kier molecular flexibility index (Phi) is 3.16. The molecular weight excluding hydrogens is 294 g/mol. The lowest BCUT2D eigenvalue weighted by molar-refractivity contribution is 0.416. The second-order valence-corrected chi connectivity index (χ2v) is 5.74. The summed E-state index contributed by atoms with van der Waals surface area (Å²) in [6, 6.07) is 17.9. The van der Waals surface area contributed by atoms with Gasteiger partial charge in [-0.2, -0.15) is 0 Å². The van der Waals surface area contributed by atoms with Crippen molar-refractivity contribution in [3.63, 3.8) is 0 Å². The van der Waals surface area contributed by atoms with Crippen molar-refractivity contribution in [3.05, 3.63) is 60.0 Å². The highest BCUT2D eigenvalue weighted by molar-refractivity contribution is 7.13. The van der Waals surface area contributed by atoms with Crippen LogP contribution in [0.3, 0.4) is 0 Å². The molecule has 0 N–H and O–H groups in total. The molecule has 0 saturated heterocycles. The summed E-state index contributed by atoms with van der Waals surface area (Å²) in [4.78, 5) is 4.70. The largest absolute Gasteiger partial charge is 0.496 e. The Labute approximate surface area is 131 Å². The predicted molar refractivity (Wildman–Crippen MR) is 89.3 cm³/mol. The predicted octanol–water partition coefficient (Wildman–Crippen LogP) is 5.23. The van der Waals surface area contributed by atoms with Crippen LogP contribution < -0.4 is 4.74 Å². The Bertz CT molecular complexity index is 906. The quantitative estimate of drug-likeness (QED) is 0.519. The van der Waals surface area contributed by atoms with Crippen LogP contribution in [0.5, 0.6) is 5.75 Å². The van der Waals surface area contributed by atoms with Crippen molar-refractivity contribution in [2.24, 2.45) is 0 Å². The molecule has 0 aliphatic heterocycles. The third kappa shape index (κ3) is 2.18. The second-order valence-electron chi connectivity index (χ2n) is 4.89. The van der Waals surface area contributed by atoms with E-state index in [1.54, 1.807) is 18.4 Å². The Morgan fingerprint density at radius 2 is 1.86 bits per heavy atom. The lowest BCUT2D eigenvalue weighted by atomic mass is 10.2. The Hall–Kier alpha value is -2.59. The highest BCUT2D eigenvalue weighted by atomic mass is 32.1. The molecule has 0 saturated carbocycles. The number of furan rings is 1. The van der Waals surface area contributed by atoms with Crippen LogP contribution in [0.1, 0.15) is 0 Å². The first kappa shape index (κ1) is 13.1. The number of ether oxygens (including phenoxy) is 1. The molecule has 4 rings (SSSR count). The number of methoxy groups -OCH3 is 1. The smallest absolute Gasteiger partial charge is 0.154 e. The molecule has 2 aromatic heterocycles. The molecule has 2 heterocycles. The van der Waals surface area contributed by atoms with Gasteiger partial charge < -0.3 is 9.15 Å². The van der Waals surface area contributed by atoms with Gasteiger partial charge in [0.05, 0.1) is 12.7 Å². The van der Waals surface area contributed by atoms with Crippen molar-refractivity contribution >= 4 is 22.3 Å². The SMILES string of the molecule is COc1ccccc1-c1nc(-c2cc3ccccc3o2)cs1. The maximum Gasteiger partial charge on any atom is 0.154 e. The van der Waals surface area contributed by atoms with E-state index in [0.29, 0.717) is 0 Å². The molecule has 0 amide bonds. The highest BCUT2D eigenvalue weighted by Gasteiger charge is 2.13. The van der Waals surface area contributed by atoms with E-state index >= 15 is 0 Å². The fourth-order valence-corrected chi connectivity index (χ4v) is 3.28. The lowest BCUT2D eigenvalue weighted by Crippen LogP contribution is -1.86. The minimum absolute atomic E-state index is 0.790. The van der Waals surface area contributed by atoms with Gasteiger partial charge in [-0.3, -0.25) is 0 Å². The highest BCUT2D eigenvalue weighted by Crippen LogP contribution is 2.35. The average molecular weight is 307 g/mol. The van der Waals surface area contributed by atoms with Crippen LogP contribution in [0.4, 0.5) is 0 Å². The van der Waals surface area contributed by atoms with E-state index < -0.39 is 0 Å². The summed E-state index contributed by atoms with van der Waals surface area (Å²) in [6.45, 7) is 0. The van der Waals surface area contributed by atoms with E-state index in [1.807, 2.05) is 60.0 Å². The second kappa shape index (κ2) is 5.31. The number of hydrogen-bond acceptors (Lipinski definition) is 4. The maximum atomic E-state index is 5.87. The fraction of sp³-hybridized carbons (Fsp3) is 0.0556. The summed E-state index contributed by atoms with van der Waals surface area (Å²) in [5, 5.41) is 4.02. The zero-order valence-corrected chi connectivity index (χ0v) is 12.8. The minimum atomic E-state index is 0.790. The summed E-state index contributed by atoms with van der Waals surface area (Å²) >= 11 is 1.59. The van der Waals surface area contributed by atoms with Crippen LogP contribution in [0.2, 0.25) is 0 Å². The van der Waals surface area contributed by atoms with Crippen molar-refractivity contribution in [1.82, 2.24) is 4.98 Å². The number of nitrogens with zero attached hydrogens (tertiary/aromatic N) is 1. The van der Waals surface area contributed by atoms with E-state index in [9.17, 15) is 0 Å². The third-order valence-corrected chi connectivity index (χ3v) is 4.40. The zero-order chi connectivity index (χ0) is 14.9. The first-order chi connectivity index (χ1) is 10.8. The molecular formula is C18H13NO2S. The Morgan fingerprint density at radius 1 is 1.05 bits per heavy atom. The number of para-hydroxylation sites is 2. The zero-order valence-electron chi connectivity index (χ0n) is 11.9. The number of thiazole rings is 1. The van der Waals surface area contributed by atoms with Crippen molar-refractivity contribution in [3.8, 4) is 27.8 Å². The summed E-state index contributed by atoms with van der Waals surface area (Å²) < 4.78 is 11.3. The molecule has 2 aromatic carbocycles. The van der Waals surface area contributed by atoms with Crippen LogP contribution in [0.15, 0.2) is 64.4 Å². The molecule has 108 valence electrons. The van der Waals surface area contributed by atoms with Crippen LogP contribution in [-0.2, 0) is 0 Å². The Morgan fingerprint density at radius 3 is 2.73 bits per heavy atom. The molecule has 0 aliphatic rings. The van der Waals surface area contributed by atoms with Crippen molar-refractivity contribution in [1.29, 1.82) is 0 Å². The Balaban J connectivity index is 1.77. The minimum Gasteiger partial charge on any atom is -0.496 e. The van der Waals surface area contributed by atoms with Crippen molar-refractivity contribution in [2.45, 2.75) is 0 Å². The first-order valence-corrected chi connectivity index (χ1v) is 7.81. The van der Waals surface area contributed by atoms with E-state index in [1.165, 1.54) is 0 Å². The standard InChI is InChI=1S/C18H13NO2S/c1-20-16-9-5-3-7-13(16)18-19-14(11-22-18)17-10-12-6-2-4-8-15(12)21-17/h2-11H,1H3. The van der Waals surface area contributed by atoms with Gasteiger partial charge in [0, 0.05) is 10.8 Å². The molecule has 4 aromatic rings. The maximum absolute atomic E-state index is 5.87. The number of benzene rings is 2. The van der Waals surface area contributed by atoms with Crippen molar-refractivity contribution < 1.29 is 9.15 Å². The van der Waals surface area contributed by atoms with Gasteiger partial charge in [-0.25, -0.2) is 4.98 Å². The van der Waals surface area contributed by atoms with Crippen LogP contribution >= 0.6 is 11.3 Å². The van der Waals surface area contributed by atoms with Crippen LogP contribution in [0.25, 0.3) is 33.0 Å². The molecule has 0 aliphatic carbocycles. The molecule has 22 heavy (non-hydrogen) atoms. The summed E-state index contributed by atoms with van der Waals surface area (Å²) in [5.74, 6) is 1.62. The van der Waals surface area contributed by atoms with E-state index in [0.717, 1.165) is 38.7 Å². The third-order valence-electron chi connectivity index (χ3n) is 3.52. The summed E-state index contributed by atoms with van der Waals surface area (Å²) in [6.07, 6.45) is 0. The molecule has 0 radical (unpaired) electrons. The molecule has 0 fully saturated rings. The summed E-state index contributed by atoms with van der Waals surface area (Å²) in [5.41, 5.74) is 2.73. The van der Waals surface area contributed by atoms with Gasteiger partial charge in [0.2, 0.25) is 0 Å². The first-order valence-electron chi connectivity index (χ1n) is 6.93. The van der Waals surface area contributed by atoms with Gasteiger partial charge in [0.1, 0.15) is 22.0 Å². The summed E-state index contributed by atoms with van der Waals surface area (Å²) in [7, 11) is 1.67. The van der Waals surface area contributed by atoms with Crippen LogP contribution in [-0.4, -0.2) is 12.1 Å². The van der Waals surface area contributed by atoms with E-state index in [4.69, 9.17) is 14.1 Å². The van der Waals surface area contributed by atoms with Crippen molar-refractivity contribution in [2.75, 3.05) is 7.11 Å². The van der Waals surface area contributed by atoms with Gasteiger partial charge in [-0.05, 0) is 24.3 Å². The van der Waals surface area contributed by atoms with E-state index in [-0.39, 0.29) is 0 Å². The fourth-order valence-electron chi connectivity index (χ4n) is 2.44. The molecule has 0 unspecified atom stereocenters. The molecule has 0 atom stereocenters. The van der Waals surface area contributed by atoms with Gasteiger partial charge in [0.15, 0.2) is 5.76 Å². The monoisotopic (exact) mass is 307 g/mol. The molecule has 0 bridgehead atoms.